The Kier molecular flexibility index (Phi) is 4.41. The van der Waals surface area contributed by atoms with Crippen LogP contribution in [0.5, 0.6) is 0 Å². The Morgan fingerprint density at radius 2 is 2.11 bits per heavy atom. The first-order chi connectivity index (χ1) is 4.31. The highest BCUT2D eigenvalue weighted by Crippen LogP contribution is 1.90. The Morgan fingerprint density at radius 3 is 2.56 bits per heavy atom. The third kappa shape index (κ3) is 4.75. The summed E-state index contributed by atoms with van der Waals surface area (Å²) >= 11 is 0. The van der Waals surface area contributed by atoms with Crippen molar-refractivity contribution in [1.82, 2.24) is 0 Å². The molecule has 1 nitrogen and oxygen atoms in total. The van der Waals surface area contributed by atoms with E-state index >= 15 is 0 Å². The van der Waals surface area contributed by atoms with E-state index in [4.69, 9.17) is 0 Å². The van der Waals surface area contributed by atoms with Gasteiger partial charge >= 0.3 is 0 Å². The lowest BCUT2D eigenvalue weighted by Crippen LogP contribution is -1.63. The van der Waals surface area contributed by atoms with E-state index in [1.165, 1.54) is 0 Å². The van der Waals surface area contributed by atoms with Gasteiger partial charge in [-0.3, -0.25) is 4.99 Å². The molecule has 0 aliphatic carbocycles. The Balaban J connectivity index is 3.81. The molecule has 0 amide bonds. The van der Waals surface area contributed by atoms with Crippen LogP contribution in [0.1, 0.15) is 6.92 Å². The molecule has 0 aliphatic rings. The largest absolute Gasteiger partial charge is 0.264 e. The molecule has 0 saturated heterocycles. The van der Waals surface area contributed by atoms with Gasteiger partial charge < -0.3 is 0 Å². The summed E-state index contributed by atoms with van der Waals surface area (Å²) in [5, 5.41) is 0. The molecule has 0 rings (SSSR count). The van der Waals surface area contributed by atoms with E-state index in [2.05, 4.69) is 18.2 Å². The van der Waals surface area contributed by atoms with Gasteiger partial charge in [0, 0.05) is 12.4 Å². The third-order valence-electron chi connectivity index (χ3n) is 0.792. The van der Waals surface area contributed by atoms with Gasteiger partial charge in [0.1, 0.15) is 0 Å². The molecule has 9 heavy (non-hydrogen) atoms. The van der Waals surface area contributed by atoms with Crippen molar-refractivity contribution in [2.45, 2.75) is 6.92 Å². The van der Waals surface area contributed by atoms with Crippen molar-refractivity contribution in [3.8, 4) is 0 Å². The average Bonchev–Trinajstić information content (AvgIpc) is 1.89. The van der Waals surface area contributed by atoms with Crippen LogP contribution in [0, 0.1) is 0 Å². The van der Waals surface area contributed by atoms with Crippen LogP contribution in [-0.4, -0.2) is 6.21 Å². The molecule has 0 aromatic rings. The normalized spacial score (nSPS) is 11.9. The highest BCUT2D eigenvalue weighted by Gasteiger charge is 1.71. The lowest BCUT2D eigenvalue weighted by atomic mass is 10.3. The van der Waals surface area contributed by atoms with Gasteiger partial charge in [-0.1, -0.05) is 25.3 Å². The topological polar surface area (TPSA) is 12.4 Å². The predicted molar refractivity (Wildman–Crippen MR) is 42.6 cm³/mol. The molecule has 0 radical (unpaired) electrons. The first-order valence-electron chi connectivity index (χ1n) is 2.74. The highest BCUT2D eigenvalue weighted by atomic mass is 14.7. The molecule has 0 saturated carbocycles. The average molecular weight is 121 g/mol. The first-order valence-corrected chi connectivity index (χ1v) is 2.74. The van der Waals surface area contributed by atoms with E-state index in [1.54, 1.807) is 24.6 Å². The minimum absolute atomic E-state index is 1.05. The molecule has 0 heterocycles. The summed E-state index contributed by atoms with van der Waals surface area (Å²) < 4.78 is 0. The number of hydrogen-bond donors (Lipinski definition) is 0. The van der Waals surface area contributed by atoms with Crippen molar-refractivity contribution >= 4 is 6.21 Å². The summed E-state index contributed by atoms with van der Waals surface area (Å²) in [6.45, 7) is 8.99. The third-order valence-corrected chi connectivity index (χ3v) is 0.792. The molecule has 0 aromatic heterocycles. The maximum absolute atomic E-state index is 3.88. The molecule has 0 bridgehead atoms. The van der Waals surface area contributed by atoms with E-state index in [9.17, 15) is 0 Å². The van der Waals surface area contributed by atoms with Crippen LogP contribution in [0.15, 0.2) is 42.1 Å². The van der Waals surface area contributed by atoms with Gasteiger partial charge in [-0.25, -0.2) is 0 Å². The molecule has 0 fully saturated rings. The van der Waals surface area contributed by atoms with Crippen LogP contribution in [0.3, 0.4) is 0 Å². The van der Waals surface area contributed by atoms with Gasteiger partial charge in [0.05, 0.1) is 0 Å². The zero-order valence-electron chi connectivity index (χ0n) is 5.67. The molecule has 0 aromatic carbocycles. The van der Waals surface area contributed by atoms with Crippen molar-refractivity contribution in [2.75, 3.05) is 0 Å². The van der Waals surface area contributed by atoms with Crippen molar-refractivity contribution < 1.29 is 0 Å². The van der Waals surface area contributed by atoms with Gasteiger partial charge in [0.15, 0.2) is 0 Å². The lowest BCUT2D eigenvalue weighted by Gasteiger charge is -1.81. The Morgan fingerprint density at radius 1 is 1.44 bits per heavy atom. The number of hydrogen-bond acceptors (Lipinski definition) is 1. The predicted octanol–water partition coefficient (Wildman–Crippen LogP) is 2.33. The fourth-order valence-electron chi connectivity index (χ4n) is 0.274. The fourth-order valence-corrected chi connectivity index (χ4v) is 0.274. The van der Waals surface area contributed by atoms with Crippen LogP contribution in [0.4, 0.5) is 0 Å². The maximum Gasteiger partial charge on any atom is 0.0296 e. The second-order valence-electron chi connectivity index (χ2n) is 1.61. The smallest absolute Gasteiger partial charge is 0.0296 e. The van der Waals surface area contributed by atoms with Crippen LogP contribution < -0.4 is 0 Å². The minimum Gasteiger partial charge on any atom is -0.264 e. The van der Waals surface area contributed by atoms with Crippen LogP contribution in [0.25, 0.3) is 0 Å². The number of allylic oxidation sites excluding steroid dienone is 3. The van der Waals surface area contributed by atoms with Crippen LogP contribution in [0.2, 0.25) is 0 Å². The molecule has 0 N–H and O–H groups in total. The molecular formula is C8H11N. The van der Waals surface area contributed by atoms with E-state index in [0.717, 1.165) is 5.57 Å². The summed E-state index contributed by atoms with van der Waals surface area (Å²) in [5.74, 6) is 0. The van der Waals surface area contributed by atoms with E-state index in [1.807, 2.05) is 6.92 Å². The van der Waals surface area contributed by atoms with Gasteiger partial charge in [0.2, 0.25) is 0 Å². The molecule has 0 atom stereocenters. The molecule has 0 aliphatic heterocycles. The SMILES string of the molecule is C=C/C=N\C=C(/C)C=C. The summed E-state index contributed by atoms with van der Waals surface area (Å²) in [7, 11) is 0. The molecule has 0 unspecified atom stereocenters. The van der Waals surface area contributed by atoms with Crippen molar-refractivity contribution in [2.24, 2.45) is 4.99 Å². The van der Waals surface area contributed by atoms with Crippen molar-refractivity contribution in [1.29, 1.82) is 0 Å². The number of rotatable bonds is 3. The van der Waals surface area contributed by atoms with Gasteiger partial charge in [0.25, 0.3) is 0 Å². The Labute approximate surface area is 56.1 Å². The Hall–Kier alpha value is -1.11. The zero-order chi connectivity index (χ0) is 7.11. The summed E-state index contributed by atoms with van der Waals surface area (Å²) in [5.41, 5.74) is 1.05. The first kappa shape index (κ1) is 7.89. The highest BCUT2D eigenvalue weighted by molar-refractivity contribution is 5.70. The van der Waals surface area contributed by atoms with Gasteiger partial charge in [-0.2, -0.15) is 0 Å². The van der Waals surface area contributed by atoms with Crippen molar-refractivity contribution in [3.63, 3.8) is 0 Å². The molecule has 48 valence electrons. The van der Waals surface area contributed by atoms with Crippen molar-refractivity contribution in [3.05, 3.63) is 37.1 Å². The van der Waals surface area contributed by atoms with Crippen LogP contribution >= 0.6 is 0 Å². The summed E-state index contributed by atoms with van der Waals surface area (Å²) in [4.78, 5) is 3.88. The van der Waals surface area contributed by atoms with E-state index in [0.29, 0.717) is 0 Å². The molecule has 0 spiro atoms. The minimum atomic E-state index is 1.05. The fraction of sp³-hybridized carbons (Fsp3) is 0.125. The number of nitrogens with zero attached hydrogens (tertiary/aromatic N) is 1. The van der Waals surface area contributed by atoms with Gasteiger partial charge in [-0.15, -0.1) is 0 Å². The molecular weight excluding hydrogens is 110 g/mol. The van der Waals surface area contributed by atoms with Crippen LogP contribution in [-0.2, 0) is 0 Å². The Bertz CT molecular complexity index is 152. The zero-order valence-corrected chi connectivity index (χ0v) is 5.67. The molecule has 1 heteroatoms. The summed E-state index contributed by atoms with van der Waals surface area (Å²) in [6.07, 6.45) is 6.75. The lowest BCUT2D eigenvalue weighted by molar-refractivity contribution is 1.44. The summed E-state index contributed by atoms with van der Waals surface area (Å²) in [6, 6.07) is 0. The quantitative estimate of drug-likeness (QED) is 0.401. The second kappa shape index (κ2) is 5.04. The van der Waals surface area contributed by atoms with E-state index in [-0.39, 0.29) is 0 Å². The van der Waals surface area contributed by atoms with Gasteiger partial charge in [-0.05, 0) is 12.5 Å². The maximum atomic E-state index is 3.88. The standard InChI is InChI=1S/C8H11N/c1-4-6-9-7-8(3)5-2/h4-7H,1-2H2,3H3/b8-7+,9-6-. The second-order valence-corrected chi connectivity index (χ2v) is 1.61. The van der Waals surface area contributed by atoms with E-state index < -0.39 is 0 Å². The monoisotopic (exact) mass is 121 g/mol. The number of aliphatic imine (C=N–C) groups is 1.